The molecule has 2 aromatic rings. The van der Waals surface area contributed by atoms with Gasteiger partial charge < -0.3 is 14.5 Å². The first-order valence-corrected chi connectivity index (χ1v) is 8.65. The topological polar surface area (TPSA) is 87.4 Å². The summed E-state index contributed by atoms with van der Waals surface area (Å²) in [5.41, 5.74) is 0.975. The Kier molecular flexibility index (Phi) is 4.31. The molecule has 132 valence electrons. The van der Waals surface area contributed by atoms with E-state index in [1.807, 2.05) is 6.07 Å². The van der Waals surface area contributed by atoms with E-state index >= 15 is 0 Å². The van der Waals surface area contributed by atoms with Crippen molar-refractivity contribution in [3.05, 3.63) is 56.4 Å². The van der Waals surface area contributed by atoms with Crippen LogP contribution in [0.25, 0.3) is 0 Å². The summed E-state index contributed by atoms with van der Waals surface area (Å²) in [5.74, 6) is 1.59. The third-order valence-corrected chi connectivity index (χ3v) is 4.71. The lowest BCUT2D eigenvalue weighted by molar-refractivity contribution is 0.244. The fourth-order valence-electron chi connectivity index (χ4n) is 3.60. The fourth-order valence-corrected chi connectivity index (χ4v) is 3.60. The molecule has 0 radical (unpaired) electrons. The van der Waals surface area contributed by atoms with Crippen molar-refractivity contribution in [3.63, 3.8) is 0 Å². The Bertz CT molecular complexity index is 845. The molecule has 1 saturated heterocycles. The zero-order chi connectivity index (χ0) is 17.2. The quantitative estimate of drug-likeness (QED) is 0.883. The van der Waals surface area contributed by atoms with Gasteiger partial charge in [-0.05, 0) is 37.1 Å². The number of ether oxygens (including phenoxy) is 2. The minimum Gasteiger partial charge on any atom is -0.490 e. The SMILES string of the molecule is O=c1cc(CN2CCC[C@@H]2c2ccc3c(c2)OCCCO3)[nH]c(=O)[nH]1. The van der Waals surface area contributed by atoms with Gasteiger partial charge in [0, 0.05) is 30.8 Å². The second-order valence-corrected chi connectivity index (χ2v) is 6.50. The molecule has 0 spiro atoms. The van der Waals surface area contributed by atoms with Crippen LogP contribution in [0, 0.1) is 0 Å². The summed E-state index contributed by atoms with van der Waals surface area (Å²) in [6.45, 7) is 2.81. The Hall–Kier alpha value is -2.54. The summed E-state index contributed by atoms with van der Waals surface area (Å²) < 4.78 is 11.5. The van der Waals surface area contributed by atoms with Crippen molar-refractivity contribution < 1.29 is 9.47 Å². The first kappa shape index (κ1) is 16.0. The maximum absolute atomic E-state index is 11.5. The highest BCUT2D eigenvalue weighted by Gasteiger charge is 2.27. The Morgan fingerprint density at radius 3 is 2.72 bits per heavy atom. The first-order chi connectivity index (χ1) is 12.2. The molecule has 2 aliphatic heterocycles. The van der Waals surface area contributed by atoms with E-state index in [0.29, 0.717) is 25.5 Å². The lowest BCUT2D eigenvalue weighted by atomic mass is 10.0. The van der Waals surface area contributed by atoms with E-state index in [1.54, 1.807) is 0 Å². The smallest absolute Gasteiger partial charge is 0.325 e. The number of nitrogens with one attached hydrogen (secondary N) is 2. The van der Waals surface area contributed by atoms with Crippen LogP contribution in [0.5, 0.6) is 11.5 Å². The summed E-state index contributed by atoms with van der Waals surface area (Å²) in [6.07, 6.45) is 3.00. The van der Waals surface area contributed by atoms with Gasteiger partial charge in [-0.15, -0.1) is 0 Å². The number of fused-ring (bicyclic) bond motifs is 1. The second-order valence-electron chi connectivity index (χ2n) is 6.50. The predicted octanol–water partition coefficient (Wildman–Crippen LogP) is 1.56. The first-order valence-electron chi connectivity index (χ1n) is 8.65. The van der Waals surface area contributed by atoms with Crippen LogP contribution in [-0.4, -0.2) is 34.6 Å². The number of likely N-dealkylation sites (tertiary alicyclic amines) is 1. The van der Waals surface area contributed by atoms with Gasteiger partial charge >= 0.3 is 5.69 Å². The number of nitrogens with zero attached hydrogens (tertiary/aromatic N) is 1. The van der Waals surface area contributed by atoms with Gasteiger partial charge in [-0.25, -0.2) is 4.79 Å². The van der Waals surface area contributed by atoms with E-state index in [9.17, 15) is 9.59 Å². The molecule has 4 rings (SSSR count). The number of rotatable bonds is 3. The van der Waals surface area contributed by atoms with Gasteiger partial charge in [-0.2, -0.15) is 0 Å². The summed E-state index contributed by atoms with van der Waals surface area (Å²) in [7, 11) is 0. The van der Waals surface area contributed by atoms with Crippen molar-refractivity contribution >= 4 is 0 Å². The van der Waals surface area contributed by atoms with Crippen molar-refractivity contribution in [2.75, 3.05) is 19.8 Å². The van der Waals surface area contributed by atoms with E-state index in [-0.39, 0.29) is 11.6 Å². The van der Waals surface area contributed by atoms with Crippen molar-refractivity contribution in [1.29, 1.82) is 0 Å². The summed E-state index contributed by atoms with van der Waals surface area (Å²) in [5, 5.41) is 0. The predicted molar refractivity (Wildman–Crippen MR) is 92.1 cm³/mol. The van der Waals surface area contributed by atoms with Crippen LogP contribution in [0.2, 0.25) is 0 Å². The molecule has 2 N–H and O–H groups in total. The van der Waals surface area contributed by atoms with E-state index in [4.69, 9.17) is 9.47 Å². The second kappa shape index (κ2) is 6.76. The molecule has 3 heterocycles. The van der Waals surface area contributed by atoms with Crippen molar-refractivity contribution in [3.8, 4) is 11.5 Å². The van der Waals surface area contributed by atoms with Gasteiger partial charge in [0.15, 0.2) is 11.5 Å². The van der Waals surface area contributed by atoms with Crippen LogP contribution in [0.1, 0.15) is 36.6 Å². The number of hydrogen-bond donors (Lipinski definition) is 2. The Morgan fingerprint density at radius 1 is 1.04 bits per heavy atom. The normalized spacial score (nSPS) is 20.4. The van der Waals surface area contributed by atoms with Crippen LogP contribution in [0.4, 0.5) is 0 Å². The third-order valence-electron chi connectivity index (χ3n) is 4.71. The zero-order valence-electron chi connectivity index (χ0n) is 13.9. The standard InChI is InChI=1S/C18H21N3O4/c22-17-10-13(19-18(23)20-17)11-21-6-1-3-14(21)12-4-5-15-16(9-12)25-8-2-7-24-15/h4-5,9-10,14H,1-3,6-8,11H2,(H2,19,20,22,23)/t14-/m1/s1. The molecular formula is C18H21N3O4. The average Bonchev–Trinajstić information content (AvgIpc) is 2.89. The number of H-pyrrole nitrogens is 2. The van der Waals surface area contributed by atoms with Crippen LogP contribution in [0.3, 0.4) is 0 Å². The Morgan fingerprint density at radius 2 is 1.88 bits per heavy atom. The highest BCUT2D eigenvalue weighted by atomic mass is 16.5. The van der Waals surface area contributed by atoms with Crippen molar-refractivity contribution in [2.45, 2.75) is 31.8 Å². The van der Waals surface area contributed by atoms with Gasteiger partial charge in [0.05, 0.1) is 13.2 Å². The highest BCUT2D eigenvalue weighted by molar-refractivity contribution is 5.44. The number of benzene rings is 1. The number of hydrogen-bond acceptors (Lipinski definition) is 5. The maximum atomic E-state index is 11.5. The molecule has 7 heteroatoms. The molecule has 0 unspecified atom stereocenters. The van der Waals surface area contributed by atoms with E-state index in [1.165, 1.54) is 11.6 Å². The number of aromatic nitrogens is 2. The van der Waals surface area contributed by atoms with Crippen LogP contribution in [-0.2, 0) is 6.54 Å². The van der Waals surface area contributed by atoms with Crippen LogP contribution >= 0.6 is 0 Å². The summed E-state index contributed by atoms with van der Waals surface area (Å²) >= 11 is 0. The molecule has 25 heavy (non-hydrogen) atoms. The van der Waals surface area contributed by atoms with Crippen molar-refractivity contribution in [2.24, 2.45) is 0 Å². The van der Waals surface area contributed by atoms with Gasteiger partial charge in [0.2, 0.25) is 0 Å². The highest BCUT2D eigenvalue weighted by Crippen LogP contribution is 2.38. The largest absolute Gasteiger partial charge is 0.490 e. The molecule has 0 saturated carbocycles. The zero-order valence-corrected chi connectivity index (χ0v) is 13.9. The van der Waals surface area contributed by atoms with E-state index < -0.39 is 5.69 Å². The molecule has 0 amide bonds. The Balaban J connectivity index is 1.58. The molecule has 0 bridgehead atoms. The van der Waals surface area contributed by atoms with Gasteiger partial charge in [-0.3, -0.25) is 14.7 Å². The summed E-state index contributed by atoms with van der Waals surface area (Å²) in [6, 6.07) is 7.80. The van der Waals surface area contributed by atoms with Gasteiger partial charge in [-0.1, -0.05) is 6.07 Å². The lowest BCUT2D eigenvalue weighted by Crippen LogP contribution is -2.28. The molecule has 7 nitrogen and oxygen atoms in total. The molecule has 0 aliphatic carbocycles. The molecule has 1 aromatic heterocycles. The minimum atomic E-state index is -0.464. The molecular weight excluding hydrogens is 322 g/mol. The van der Waals surface area contributed by atoms with Gasteiger partial charge in [0.1, 0.15) is 0 Å². The van der Waals surface area contributed by atoms with E-state index in [2.05, 4.69) is 27.0 Å². The van der Waals surface area contributed by atoms with Crippen LogP contribution < -0.4 is 20.7 Å². The monoisotopic (exact) mass is 343 g/mol. The Labute approximate surface area is 144 Å². The molecule has 1 fully saturated rings. The fraction of sp³-hybridized carbons (Fsp3) is 0.444. The third kappa shape index (κ3) is 3.46. The number of aromatic amines is 2. The summed E-state index contributed by atoms with van der Waals surface area (Å²) in [4.78, 5) is 30.2. The minimum absolute atomic E-state index is 0.236. The molecule has 1 atom stereocenters. The van der Waals surface area contributed by atoms with Crippen molar-refractivity contribution in [1.82, 2.24) is 14.9 Å². The lowest BCUT2D eigenvalue weighted by Gasteiger charge is -2.25. The molecule has 2 aliphatic rings. The van der Waals surface area contributed by atoms with E-state index in [0.717, 1.165) is 37.3 Å². The molecule has 1 aromatic carbocycles. The van der Waals surface area contributed by atoms with Gasteiger partial charge in [0.25, 0.3) is 5.56 Å². The van der Waals surface area contributed by atoms with Crippen LogP contribution in [0.15, 0.2) is 33.9 Å². The average molecular weight is 343 g/mol. The maximum Gasteiger partial charge on any atom is 0.325 e.